The summed E-state index contributed by atoms with van der Waals surface area (Å²) < 4.78 is 12.4. The first-order valence-corrected chi connectivity index (χ1v) is 13.3. The second-order valence-electron chi connectivity index (χ2n) is 9.65. The standard InChI is InChI=1S/C27H38O4Se/c1-7-30-25(29)17-20(2)11-16-32-24-19-22-21(26(3,4)12-13-27(22,5)6)18-23(24)31-15-10-8-9-14-28/h17-19,28H,7-10,12-15H2,1-6H3. The molecule has 0 aromatic heterocycles. The topological polar surface area (TPSA) is 55.8 Å². The molecular weight excluding hydrogens is 467 g/mol. The van der Waals surface area contributed by atoms with Crippen molar-refractivity contribution in [2.24, 2.45) is 0 Å². The van der Waals surface area contributed by atoms with Crippen LogP contribution in [-0.2, 0) is 20.4 Å². The molecule has 0 saturated carbocycles. The van der Waals surface area contributed by atoms with Crippen molar-refractivity contribution < 1.29 is 19.4 Å². The van der Waals surface area contributed by atoms with Crippen LogP contribution in [0.2, 0.25) is 0 Å². The third-order valence-electron chi connectivity index (χ3n) is 6.01. The molecule has 0 heterocycles. The normalized spacial score (nSPS) is 16.5. The van der Waals surface area contributed by atoms with Crippen LogP contribution in [0.5, 0.6) is 5.75 Å². The van der Waals surface area contributed by atoms with Crippen molar-refractivity contribution in [1.29, 1.82) is 0 Å². The molecule has 1 aromatic rings. The number of esters is 1. The van der Waals surface area contributed by atoms with Crippen LogP contribution in [0.15, 0.2) is 23.8 Å². The van der Waals surface area contributed by atoms with Crippen molar-refractivity contribution in [3.05, 3.63) is 34.9 Å². The first-order chi connectivity index (χ1) is 15.1. The predicted octanol–water partition coefficient (Wildman–Crippen LogP) is 4.38. The summed E-state index contributed by atoms with van der Waals surface area (Å²) in [5.74, 6) is 3.68. The summed E-state index contributed by atoms with van der Waals surface area (Å²) in [5, 5.41) is 9.01. The van der Waals surface area contributed by atoms with Crippen molar-refractivity contribution in [1.82, 2.24) is 0 Å². The molecule has 2 rings (SSSR count). The van der Waals surface area contributed by atoms with Crippen LogP contribution in [0.25, 0.3) is 0 Å². The molecule has 176 valence electrons. The molecule has 1 aromatic carbocycles. The van der Waals surface area contributed by atoms with Gasteiger partial charge in [-0.15, -0.1) is 0 Å². The number of hydrogen-bond acceptors (Lipinski definition) is 4. The Morgan fingerprint density at radius 1 is 1.12 bits per heavy atom. The number of allylic oxidation sites excluding steroid dienone is 1. The zero-order valence-electron chi connectivity index (χ0n) is 20.5. The van der Waals surface area contributed by atoms with Gasteiger partial charge in [0.1, 0.15) is 0 Å². The van der Waals surface area contributed by atoms with Gasteiger partial charge in [-0.1, -0.05) is 0 Å². The van der Waals surface area contributed by atoms with Gasteiger partial charge in [-0.3, -0.25) is 0 Å². The summed E-state index contributed by atoms with van der Waals surface area (Å²) in [6.45, 7) is 14.1. The van der Waals surface area contributed by atoms with E-state index in [2.05, 4.69) is 50.6 Å². The molecule has 1 aliphatic carbocycles. The minimum absolute atomic E-state index is 0.100. The average Bonchev–Trinajstić information content (AvgIpc) is 2.72. The third-order valence-corrected chi connectivity index (χ3v) is 7.57. The first kappa shape index (κ1) is 26.5. The predicted molar refractivity (Wildman–Crippen MR) is 132 cm³/mol. The maximum absolute atomic E-state index is 11.6. The van der Waals surface area contributed by atoms with E-state index in [0.29, 0.717) is 18.8 Å². The number of fused-ring (bicyclic) bond motifs is 1. The van der Waals surface area contributed by atoms with Gasteiger partial charge in [0.05, 0.1) is 0 Å². The first-order valence-electron chi connectivity index (χ1n) is 11.6. The van der Waals surface area contributed by atoms with E-state index in [-0.39, 0.29) is 38.4 Å². The molecule has 0 aliphatic heterocycles. The van der Waals surface area contributed by atoms with E-state index in [9.17, 15) is 4.79 Å². The Labute approximate surface area is 200 Å². The van der Waals surface area contributed by atoms with E-state index < -0.39 is 0 Å². The Hall–Kier alpha value is -1.73. The number of unbranched alkanes of at least 4 members (excludes halogenated alkanes) is 2. The number of aliphatic hydroxyl groups excluding tert-OH is 1. The van der Waals surface area contributed by atoms with E-state index in [0.717, 1.165) is 42.3 Å². The van der Waals surface area contributed by atoms with Crippen LogP contribution in [-0.4, -0.2) is 45.9 Å². The molecule has 0 fully saturated rings. The molecular formula is C27H38O4Se. The molecule has 0 spiro atoms. The second-order valence-corrected chi connectivity index (χ2v) is 11.4. The van der Waals surface area contributed by atoms with E-state index >= 15 is 0 Å². The van der Waals surface area contributed by atoms with Crippen molar-refractivity contribution in [2.75, 3.05) is 19.8 Å². The van der Waals surface area contributed by atoms with Crippen molar-refractivity contribution in [2.45, 2.75) is 84.5 Å². The molecule has 5 heteroatoms. The number of carbonyl (C=O) groups excluding carboxylic acids is 1. The number of carbonyl (C=O) groups is 1. The second kappa shape index (κ2) is 11.9. The van der Waals surface area contributed by atoms with Crippen LogP contribution in [0, 0.1) is 10.7 Å². The fourth-order valence-corrected chi connectivity index (χ4v) is 5.40. The molecule has 0 amide bonds. The Morgan fingerprint density at radius 3 is 2.41 bits per heavy atom. The van der Waals surface area contributed by atoms with E-state index in [4.69, 9.17) is 14.6 Å². The number of hydrogen-bond donors (Lipinski definition) is 1. The van der Waals surface area contributed by atoms with Gasteiger partial charge in [-0.25, -0.2) is 0 Å². The van der Waals surface area contributed by atoms with Crippen LogP contribution < -0.4 is 9.20 Å². The number of benzene rings is 1. The Kier molecular flexibility index (Phi) is 9.89. The van der Waals surface area contributed by atoms with Crippen molar-refractivity contribution in [3.63, 3.8) is 0 Å². The number of ether oxygens (including phenoxy) is 2. The van der Waals surface area contributed by atoms with Gasteiger partial charge in [-0.05, 0) is 0 Å². The summed E-state index contributed by atoms with van der Waals surface area (Å²) in [5.41, 5.74) is 3.73. The van der Waals surface area contributed by atoms with E-state index in [1.165, 1.54) is 17.2 Å². The van der Waals surface area contributed by atoms with Gasteiger partial charge in [-0.2, -0.15) is 0 Å². The summed E-state index contributed by atoms with van der Waals surface area (Å²) in [7, 11) is 0. The summed E-state index contributed by atoms with van der Waals surface area (Å²) in [4.78, 5) is 14.9. The molecule has 32 heavy (non-hydrogen) atoms. The summed E-state index contributed by atoms with van der Waals surface area (Å²) in [6.07, 6.45) is 6.45. The number of aliphatic hydroxyl groups is 1. The molecule has 1 aliphatic rings. The SMILES string of the molecule is CCOC(=O)C=C(C)C#C[Se]c1cc2c(cc1OCCCCCO)C(C)(C)CCC2(C)C. The van der Waals surface area contributed by atoms with Crippen molar-refractivity contribution in [3.8, 4) is 16.5 Å². The van der Waals surface area contributed by atoms with Gasteiger partial charge < -0.3 is 0 Å². The van der Waals surface area contributed by atoms with Crippen LogP contribution in [0.3, 0.4) is 0 Å². The Bertz CT molecular complexity index is 887. The summed E-state index contributed by atoms with van der Waals surface area (Å²) in [6, 6.07) is 4.57. The molecule has 0 radical (unpaired) electrons. The number of rotatable bonds is 9. The molecule has 1 N–H and O–H groups in total. The molecule has 4 nitrogen and oxygen atoms in total. The van der Waals surface area contributed by atoms with Gasteiger partial charge in [0.15, 0.2) is 0 Å². The van der Waals surface area contributed by atoms with E-state index in [1.54, 1.807) is 6.92 Å². The molecule has 0 saturated heterocycles. The van der Waals surface area contributed by atoms with E-state index in [1.807, 2.05) is 6.92 Å². The maximum atomic E-state index is 11.6. The van der Waals surface area contributed by atoms with Crippen LogP contribution >= 0.6 is 0 Å². The quantitative estimate of drug-likeness (QED) is 0.178. The average molecular weight is 506 g/mol. The minimum atomic E-state index is -0.350. The molecule has 0 atom stereocenters. The fourth-order valence-electron chi connectivity index (χ4n) is 3.90. The third kappa shape index (κ3) is 7.41. The van der Waals surface area contributed by atoms with Crippen molar-refractivity contribution >= 4 is 25.4 Å². The van der Waals surface area contributed by atoms with Gasteiger partial charge in [0, 0.05) is 0 Å². The zero-order valence-corrected chi connectivity index (χ0v) is 22.2. The van der Waals surface area contributed by atoms with Crippen LogP contribution in [0.1, 0.15) is 84.8 Å². The Balaban J connectivity index is 2.33. The molecule has 0 unspecified atom stereocenters. The fraction of sp³-hybridized carbons (Fsp3) is 0.593. The Morgan fingerprint density at radius 2 is 1.78 bits per heavy atom. The zero-order chi connectivity index (χ0) is 23.8. The molecule has 0 bridgehead atoms. The summed E-state index contributed by atoms with van der Waals surface area (Å²) >= 11 is -0.100. The monoisotopic (exact) mass is 506 g/mol. The van der Waals surface area contributed by atoms with Gasteiger partial charge >= 0.3 is 200 Å². The van der Waals surface area contributed by atoms with Gasteiger partial charge in [0.25, 0.3) is 0 Å². The van der Waals surface area contributed by atoms with Gasteiger partial charge in [0.2, 0.25) is 0 Å². The van der Waals surface area contributed by atoms with Crippen LogP contribution in [0.4, 0.5) is 0 Å².